The van der Waals surface area contributed by atoms with Crippen LogP contribution < -0.4 is 4.74 Å². The number of hydrogen-bond donors (Lipinski definition) is 1. The van der Waals surface area contributed by atoms with Crippen molar-refractivity contribution >= 4 is 11.6 Å². The lowest BCUT2D eigenvalue weighted by atomic mass is 9.93. The molecule has 0 fully saturated rings. The van der Waals surface area contributed by atoms with Crippen LogP contribution in [0.15, 0.2) is 0 Å². The van der Waals surface area contributed by atoms with Gasteiger partial charge in [0.2, 0.25) is 0 Å². The number of pyridine rings is 1. The number of nitrogens with zero attached hydrogens (tertiary/aromatic N) is 1. The first-order valence-electron chi connectivity index (χ1n) is 5.06. The van der Waals surface area contributed by atoms with Crippen LogP contribution in [0.2, 0.25) is 5.02 Å². The lowest BCUT2D eigenvalue weighted by molar-refractivity contribution is 0.151. The maximum absolute atomic E-state index is 9.81. The van der Waals surface area contributed by atoms with Crippen molar-refractivity contribution in [2.45, 2.75) is 32.3 Å². The molecule has 1 heterocycles. The van der Waals surface area contributed by atoms with E-state index in [0.717, 1.165) is 36.2 Å². The van der Waals surface area contributed by atoms with E-state index in [1.165, 1.54) is 0 Å². The van der Waals surface area contributed by atoms with E-state index in [2.05, 4.69) is 4.98 Å². The van der Waals surface area contributed by atoms with Gasteiger partial charge in [-0.15, -0.1) is 0 Å². The molecular formula is C11H14ClNO2. The number of aliphatic hydroxyl groups is 1. The van der Waals surface area contributed by atoms with Gasteiger partial charge in [0.15, 0.2) is 5.75 Å². The summed E-state index contributed by atoms with van der Waals surface area (Å²) >= 11 is 6.22. The van der Waals surface area contributed by atoms with Crippen molar-refractivity contribution in [3.63, 3.8) is 0 Å². The van der Waals surface area contributed by atoms with E-state index >= 15 is 0 Å². The monoisotopic (exact) mass is 227 g/mol. The van der Waals surface area contributed by atoms with E-state index in [-0.39, 0.29) is 0 Å². The second-order valence-electron chi connectivity index (χ2n) is 3.82. The van der Waals surface area contributed by atoms with Crippen molar-refractivity contribution in [1.82, 2.24) is 4.98 Å². The van der Waals surface area contributed by atoms with Crippen LogP contribution in [0.3, 0.4) is 0 Å². The number of fused-ring (bicyclic) bond motifs is 1. The van der Waals surface area contributed by atoms with E-state index in [1.54, 1.807) is 7.11 Å². The molecule has 1 unspecified atom stereocenters. The highest BCUT2D eigenvalue weighted by Crippen LogP contribution is 2.38. The summed E-state index contributed by atoms with van der Waals surface area (Å²) in [7, 11) is 1.58. The minimum Gasteiger partial charge on any atom is -0.493 e. The Morgan fingerprint density at radius 2 is 2.27 bits per heavy atom. The molecule has 3 nitrogen and oxygen atoms in total. The van der Waals surface area contributed by atoms with Crippen molar-refractivity contribution in [2.75, 3.05) is 7.11 Å². The van der Waals surface area contributed by atoms with E-state index in [9.17, 15) is 5.11 Å². The largest absolute Gasteiger partial charge is 0.493 e. The molecule has 1 N–H and O–H groups in total. The summed E-state index contributed by atoms with van der Waals surface area (Å²) in [4.78, 5) is 4.37. The third kappa shape index (κ3) is 1.70. The first-order valence-corrected chi connectivity index (χ1v) is 5.44. The Labute approximate surface area is 94.0 Å². The molecule has 1 aliphatic rings. The van der Waals surface area contributed by atoms with Gasteiger partial charge in [-0.25, -0.2) is 0 Å². The Morgan fingerprint density at radius 3 is 2.93 bits per heavy atom. The lowest BCUT2D eigenvalue weighted by Gasteiger charge is -2.23. The van der Waals surface area contributed by atoms with Crippen LogP contribution in [0.4, 0.5) is 0 Å². The van der Waals surface area contributed by atoms with Crippen molar-refractivity contribution in [2.24, 2.45) is 0 Å². The summed E-state index contributed by atoms with van der Waals surface area (Å²) in [5.74, 6) is 0.629. The lowest BCUT2D eigenvalue weighted by Crippen LogP contribution is -2.13. The molecular weight excluding hydrogens is 214 g/mol. The van der Waals surface area contributed by atoms with Gasteiger partial charge < -0.3 is 9.84 Å². The number of ether oxygens (including phenoxy) is 1. The summed E-state index contributed by atoms with van der Waals surface area (Å²) in [6, 6.07) is 0. The zero-order chi connectivity index (χ0) is 11.0. The van der Waals surface area contributed by atoms with Gasteiger partial charge in [-0.3, -0.25) is 4.98 Å². The molecule has 1 aromatic rings. The first kappa shape index (κ1) is 10.7. The highest BCUT2D eigenvalue weighted by molar-refractivity contribution is 6.33. The maximum atomic E-state index is 9.81. The predicted molar refractivity (Wildman–Crippen MR) is 58.4 cm³/mol. The van der Waals surface area contributed by atoms with Gasteiger partial charge in [0.1, 0.15) is 0 Å². The fourth-order valence-corrected chi connectivity index (χ4v) is 2.47. The van der Waals surface area contributed by atoms with Crippen molar-refractivity contribution in [3.8, 4) is 5.75 Å². The Hall–Kier alpha value is -0.800. The fraction of sp³-hybridized carbons (Fsp3) is 0.545. The molecule has 1 aliphatic carbocycles. The molecule has 4 heteroatoms. The molecule has 0 bridgehead atoms. The summed E-state index contributed by atoms with van der Waals surface area (Å²) < 4.78 is 5.20. The second-order valence-corrected chi connectivity index (χ2v) is 4.19. The smallest absolute Gasteiger partial charge is 0.158 e. The fourth-order valence-electron chi connectivity index (χ4n) is 2.07. The molecule has 0 aromatic carbocycles. The highest BCUT2D eigenvalue weighted by atomic mass is 35.5. The summed E-state index contributed by atoms with van der Waals surface area (Å²) in [5.41, 5.74) is 2.41. The first-order chi connectivity index (χ1) is 7.15. The summed E-state index contributed by atoms with van der Waals surface area (Å²) in [5, 5.41) is 10.4. The van der Waals surface area contributed by atoms with Crippen LogP contribution in [0, 0.1) is 6.92 Å². The molecule has 0 saturated carbocycles. The molecule has 0 saturated heterocycles. The van der Waals surface area contributed by atoms with Gasteiger partial charge in [0.25, 0.3) is 0 Å². The normalized spacial score (nSPS) is 19.9. The third-order valence-electron chi connectivity index (χ3n) is 2.81. The van der Waals surface area contributed by atoms with Crippen LogP contribution >= 0.6 is 11.6 Å². The number of halogens is 1. The van der Waals surface area contributed by atoms with Gasteiger partial charge in [0.05, 0.1) is 29.6 Å². The maximum Gasteiger partial charge on any atom is 0.158 e. The van der Waals surface area contributed by atoms with Gasteiger partial charge in [-0.1, -0.05) is 11.6 Å². The van der Waals surface area contributed by atoms with Gasteiger partial charge in [-0.2, -0.15) is 0 Å². The molecule has 0 amide bonds. The zero-order valence-electron chi connectivity index (χ0n) is 8.88. The molecule has 15 heavy (non-hydrogen) atoms. The van der Waals surface area contributed by atoms with E-state index in [1.807, 2.05) is 6.92 Å². The Kier molecular flexibility index (Phi) is 2.85. The summed E-state index contributed by atoms with van der Waals surface area (Å²) in [6.07, 6.45) is 2.11. The highest BCUT2D eigenvalue weighted by Gasteiger charge is 2.25. The van der Waals surface area contributed by atoms with Crippen molar-refractivity contribution < 1.29 is 9.84 Å². The van der Waals surface area contributed by atoms with Crippen LogP contribution in [0.5, 0.6) is 5.75 Å². The number of hydrogen-bond acceptors (Lipinski definition) is 3. The molecule has 82 valence electrons. The van der Waals surface area contributed by atoms with Gasteiger partial charge >= 0.3 is 0 Å². The minimum absolute atomic E-state index is 0.476. The Balaban J connectivity index is 2.61. The second kappa shape index (κ2) is 3.99. The molecule has 1 aromatic heterocycles. The van der Waals surface area contributed by atoms with Crippen LogP contribution in [-0.2, 0) is 6.42 Å². The predicted octanol–water partition coefficient (Wildman–Crippen LogP) is 2.42. The van der Waals surface area contributed by atoms with E-state index in [4.69, 9.17) is 16.3 Å². The molecule has 1 atom stereocenters. The Bertz CT molecular complexity index is 393. The van der Waals surface area contributed by atoms with E-state index < -0.39 is 6.10 Å². The topological polar surface area (TPSA) is 42.4 Å². The van der Waals surface area contributed by atoms with Crippen LogP contribution in [0.1, 0.15) is 35.9 Å². The minimum atomic E-state index is -0.476. The number of methoxy groups -OCH3 is 1. The molecule has 0 radical (unpaired) electrons. The quantitative estimate of drug-likeness (QED) is 0.801. The SMILES string of the molecule is COc1c(C)nc2c(c1Cl)CCCC2O. The number of aromatic nitrogens is 1. The summed E-state index contributed by atoms with van der Waals surface area (Å²) in [6.45, 7) is 1.84. The van der Waals surface area contributed by atoms with Gasteiger partial charge in [-0.05, 0) is 31.7 Å². The van der Waals surface area contributed by atoms with Gasteiger partial charge in [0, 0.05) is 0 Å². The number of aliphatic hydroxyl groups excluding tert-OH is 1. The Morgan fingerprint density at radius 1 is 1.53 bits per heavy atom. The molecule has 0 aliphatic heterocycles. The molecule has 0 spiro atoms. The number of aryl methyl sites for hydroxylation is 1. The average molecular weight is 228 g/mol. The zero-order valence-corrected chi connectivity index (χ0v) is 9.64. The van der Waals surface area contributed by atoms with E-state index in [0.29, 0.717) is 10.8 Å². The van der Waals surface area contributed by atoms with Crippen LogP contribution in [0.25, 0.3) is 0 Å². The van der Waals surface area contributed by atoms with Crippen molar-refractivity contribution in [3.05, 3.63) is 22.0 Å². The van der Waals surface area contributed by atoms with Crippen LogP contribution in [-0.4, -0.2) is 17.2 Å². The standard InChI is InChI=1S/C11H14ClNO2/c1-6-11(15-2)9(12)7-4-3-5-8(14)10(7)13-6/h8,14H,3-5H2,1-2H3. The average Bonchev–Trinajstić information content (AvgIpc) is 2.20. The third-order valence-corrected chi connectivity index (χ3v) is 3.21. The molecule has 2 rings (SSSR count). The van der Waals surface area contributed by atoms with Crippen molar-refractivity contribution in [1.29, 1.82) is 0 Å². The number of rotatable bonds is 1.